The number of benzene rings is 2. The second kappa shape index (κ2) is 9.31. The number of pyridine rings is 1. The number of nitrogens with zero attached hydrogens (tertiary/aromatic N) is 2. The number of carbonyl (C=O) groups is 1. The molecule has 4 aromatic rings. The Kier molecular flexibility index (Phi) is 6.57. The van der Waals surface area contributed by atoms with Crippen LogP contribution in [0.2, 0.25) is 5.02 Å². The van der Waals surface area contributed by atoms with Crippen molar-refractivity contribution in [3.05, 3.63) is 74.8 Å². The van der Waals surface area contributed by atoms with E-state index in [1.807, 2.05) is 24.3 Å². The van der Waals surface area contributed by atoms with Crippen molar-refractivity contribution >= 4 is 40.5 Å². The number of H-pyrrole nitrogens is 1. The molecule has 0 saturated carbocycles. The van der Waals surface area contributed by atoms with Gasteiger partial charge < -0.3 is 19.6 Å². The van der Waals surface area contributed by atoms with Crippen molar-refractivity contribution in [2.24, 2.45) is 0 Å². The Balaban J connectivity index is 1.91. The van der Waals surface area contributed by atoms with Crippen LogP contribution in [0.25, 0.3) is 16.9 Å². The molecule has 0 aliphatic carbocycles. The third-order valence-electron chi connectivity index (χ3n) is 5.66. The molecule has 10 heteroatoms. The average Bonchev–Trinajstić information content (AvgIpc) is 3.15. The Bertz CT molecular complexity index is 1510. The number of aromatic nitrogens is 3. The van der Waals surface area contributed by atoms with Crippen LogP contribution in [0.15, 0.2) is 52.2 Å². The molecular weight excluding hydrogens is 490 g/mol. The van der Waals surface area contributed by atoms with Gasteiger partial charge in [-0.1, -0.05) is 29.8 Å². The van der Waals surface area contributed by atoms with Crippen LogP contribution in [0.3, 0.4) is 0 Å². The number of carboxylic acid groups (broad SMARTS) is 1. The largest absolute Gasteiger partial charge is 0.496 e. The van der Waals surface area contributed by atoms with Gasteiger partial charge in [-0.25, -0.2) is 19.1 Å². The lowest BCUT2D eigenvalue weighted by atomic mass is 10.0. The number of para-hydroxylation sites is 1. The summed E-state index contributed by atoms with van der Waals surface area (Å²) in [5, 5.41) is 9.72. The molecule has 0 aliphatic heterocycles. The molecule has 2 aromatic carbocycles. The van der Waals surface area contributed by atoms with Gasteiger partial charge in [0.05, 0.1) is 35.3 Å². The summed E-state index contributed by atoms with van der Waals surface area (Å²) < 4.78 is 12.0. The highest BCUT2D eigenvalue weighted by atomic mass is 35.5. The summed E-state index contributed by atoms with van der Waals surface area (Å²) in [6.45, 7) is 5.83. The minimum Gasteiger partial charge on any atom is -0.496 e. The molecule has 8 nitrogen and oxygen atoms in total. The first-order valence-corrected chi connectivity index (χ1v) is 11.8. The molecule has 2 aromatic heterocycles. The van der Waals surface area contributed by atoms with Crippen molar-refractivity contribution in [2.45, 2.75) is 30.4 Å². The van der Waals surface area contributed by atoms with Crippen LogP contribution in [0.4, 0.5) is 0 Å². The molecule has 0 spiro atoms. The molecule has 0 aliphatic rings. The molecule has 0 atom stereocenters. The summed E-state index contributed by atoms with van der Waals surface area (Å²) in [5.74, 6) is 0.104. The van der Waals surface area contributed by atoms with Gasteiger partial charge in [0, 0.05) is 16.4 Å². The molecule has 35 heavy (non-hydrogen) atoms. The molecule has 0 radical (unpaired) electrons. The highest BCUT2D eigenvalue weighted by Crippen LogP contribution is 2.48. The highest BCUT2D eigenvalue weighted by molar-refractivity contribution is 8.00. The van der Waals surface area contributed by atoms with E-state index in [0.29, 0.717) is 22.5 Å². The first-order chi connectivity index (χ1) is 16.6. The van der Waals surface area contributed by atoms with Crippen molar-refractivity contribution in [3.63, 3.8) is 0 Å². The summed E-state index contributed by atoms with van der Waals surface area (Å²) in [6.07, 6.45) is 0. The number of carboxylic acids is 1. The molecule has 0 saturated heterocycles. The summed E-state index contributed by atoms with van der Waals surface area (Å²) in [5.41, 5.74) is 1.90. The van der Waals surface area contributed by atoms with Gasteiger partial charge >= 0.3 is 11.7 Å². The van der Waals surface area contributed by atoms with Crippen LogP contribution in [0.1, 0.15) is 35.5 Å². The van der Waals surface area contributed by atoms with E-state index in [1.165, 1.54) is 22.4 Å². The van der Waals surface area contributed by atoms with Gasteiger partial charge in [0.1, 0.15) is 11.5 Å². The molecule has 4 rings (SSSR count). The van der Waals surface area contributed by atoms with Crippen LogP contribution in [0.5, 0.6) is 11.5 Å². The second-order valence-electron chi connectivity index (χ2n) is 8.36. The molecule has 0 unspecified atom stereocenters. The molecule has 0 amide bonds. The molecule has 2 N–H and O–H groups in total. The van der Waals surface area contributed by atoms with Crippen LogP contribution < -0.4 is 15.2 Å². The number of aromatic amines is 1. The third kappa shape index (κ3) is 4.49. The normalized spacial score (nSPS) is 11.6. The smallest absolute Gasteiger partial charge is 0.354 e. The fourth-order valence-electron chi connectivity index (χ4n) is 3.97. The summed E-state index contributed by atoms with van der Waals surface area (Å²) >= 11 is 8.11. The zero-order chi connectivity index (χ0) is 25.5. The monoisotopic (exact) mass is 513 g/mol. The minimum atomic E-state index is -1.19. The van der Waals surface area contributed by atoms with E-state index in [4.69, 9.17) is 21.1 Å². The number of methoxy groups -OCH3 is 2. The van der Waals surface area contributed by atoms with Gasteiger partial charge in [-0.05, 0) is 44.5 Å². The number of ether oxygens (including phenoxy) is 2. The predicted molar refractivity (Wildman–Crippen MR) is 137 cm³/mol. The van der Waals surface area contributed by atoms with Gasteiger partial charge in [-0.15, -0.1) is 11.8 Å². The van der Waals surface area contributed by atoms with E-state index in [1.54, 1.807) is 33.3 Å². The highest BCUT2D eigenvalue weighted by Gasteiger charge is 2.28. The zero-order valence-corrected chi connectivity index (χ0v) is 21.4. The SMILES string of the molecule is COc1cc(Cl)c(-n2c(=O)[nH]c3c(C)cc(C(=O)O)nc32)cc1SC(C)(C)c1ccccc1OC. The lowest BCUT2D eigenvalue weighted by molar-refractivity contribution is 0.0690. The molecule has 0 fully saturated rings. The second-order valence-corrected chi connectivity index (χ2v) is 10.4. The number of imidazole rings is 1. The Morgan fingerprint density at radius 1 is 1.14 bits per heavy atom. The van der Waals surface area contributed by atoms with Gasteiger partial charge in [0.15, 0.2) is 11.3 Å². The number of hydrogen-bond donors (Lipinski definition) is 2. The number of hydrogen-bond acceptors (Lipinski definition) is 6. The number of thioether (sulfide) groups is 1. The van der Waals surface area contributed by atoms with Crippen molar-refractivity contribution < 1.29 is 19.4 Å². The number of nitrogens with one attached hydrogen (secondary N) is 1. The lowest BCUT2D eigenvalue weighted by Crippen LogP contribution is -2.17. The minimum absolute atomic E-state index is 0.167. The first-order valence-electron chi connectivity index (χ1n) is 10.6. The Hall–Kier alpha value is -3.43. The zero-order valence-electron chi connectivity index (χ0n) is 19.8. The number of rotatable bonds is 7. The van der Waals surface area contributed by atoms with Crippen LogP contribution in [-0.4, -0.2) is 39.8 Å². The molecular formula is C25H24ClN3O5S. The number of aryl methyl sites for hydroxylation is 1. The number of halogens is 1. The van der Waals surface area contributed by atoms with Crippen molar-refractivity contribution in [3.8, 4) is 17.2 Å². The van der Waals surface area contributed by atoms with E-state index < -0.39 is 16.4 Å². The quantitative estimate of drug-likeness (QED) is 0.318. The maximum Gasteiger partial charge on any atom is 0.354 e. The van der Waals surface area contributed by atoms with Gasteiger partial charge in [-0.2, -0.15) is 0 Å². The standard InChI is InChI=1S/C25H24ClN3O5S/c1-13-10-16(23(30)31)27-22-21(13)28-24(32)29(22)17-12-20(19(34-5)11-15(17)26)35-25(2,3)14-8-6-7-9-18(14)33-4/h6-12H,1-5H3,(H,28,32)(H,30,31). The fourth-order valence-corrected chi connectivity index (χ4v) is 5.45. The van der Waals surface area contributed by atoms with E-state index in [9.17, 15) is 14.7 Å². The molecule has 182 valence electrons. The van der Waals surface area contributed by atoms with Crippen molar-refractivity contribution in [1.82, 2.24) is 14.5 Å². The maximum absolute atomic E-state index is 13.0. The Labute approximate surface area is 210 Å². The number of fused-ring (bicyclic) bond motifs is 1. The average molecular weight is 514 g/mol. The van der Waals surface area contributed by atoms with Crippen molar-refractivity contribution in [2.75, 3.05) is 14.2 Å². The summed E-state index contributed by atoms with van der Waals surface area (Å²) in [4.78, 5) is 32.3. The lowest BCUT2D eigenvalue weighted by Gasteiger charge is -2.27. The van der Waals surface area contributed by atoms with E-state index in [-0.39, 0.29) is 16.4 Å². The maximum atomic E-state index is 13.0. The Morgan fingerprint density at radius 2 is 1.83 bits per heavy atom. The summed E-state index contributed by atoms with van der Waals surface area (Å²) in [7, 11) is 3.18. The predicted octanol–water partition coefficient (Wildman–Crippen LogP) is 5.42. The van der Waals surface area contributed by atoms with Gasteiger partial charge in [0.25, 0.3) is 0 Å². The topological polar surface area (TPSA) is 106 Å². The van der Waals surface area contributed by atoms with Gasteiger partial charge in [0.2, 0.25) is 0 Å². The summed E-state index contributed by atoms with van der Waals surface area (Å²) in [6, 6.07) is 12.6. The van der Waals surface area contributed by atoms with E-state index in [2.05, 4.69) is 23.8 Å². The van der Waals surface area contributed by atoms with Crippen LogP contribution in [0, 0.1) is 6.92 Å². The Morgan fingerprint density at radius 3 is 2.49 bits per heavy atom. The molecule has 0 bridgehead atoms. The fraction of sp³-hybridized carbons (Fsp3) is 0.240. The van der Waals surface area contributed by atoms with Crippen LogP contribution in [-0.2, 0) is 4.75 Å². The van der Waals surface area contributed by atoms with E-state index >= 15 is 0 Å². The first kappa shape index (κ1) is 24.7. The van der Waals surface area contributed by atoms with E-state index in [0.717, 1.165) is 16.2 Å². The van der Waals surface area contributed by atoms with Gasteiger partial charge in [-0.3, -0.25) is 0 Å². The van der Waals surface area contributed by atoms with Crippen LogP contribution >= 0.6 is 23.4 Å². The molecule has 2 heterocycles. The third-order valence-corrected chi connectivity index (χ3v) is 7.23. The number of aromatic carboxylic acids is 1. The van der Waals surface area contributed by atoms with Crippen molar-refractivity contribution in [1.29, 1.82) is 0 Å².